The number of carbonyl (C=O) groups excluding carboxylic acids is 1. The second kappa shape index (κ2) is 7.71. The second-order valence-electron chi connectivity index (χ2n) is 4.05. The average molecular weight is 250 g/mol. The Hall–Kier alpha value is -1.55. The molecule has 0 unspecified atom stereocenters. The van der Waals surface area contributed by atoms with Crippen molar-refractivity contribution in [2.45, 2.75) is 20.3 Å². The highest BCUT2D eigenvalue weighted by Gasteiger charge is 2.05. The highest BCUT2D eigenvalue weighted by molar-refractivity contribution is 5.90. The summed E-state index contributed by atoms with van der Waals surface area (Å²) in [7, 11) is 1.62. The van der Waals surface area contributed by atoms with Crippen LogP contribution < -0.4 is 10.1 Å². The van der Waals surface area contributed by atoms with Gasteiger partial charge in [0.15, 0.2) is 0 Å². The van der Waals surface area contributed by atoms with Crippen LogP contribution in [-0.2, 0) is 4.79 Å². The van der Waals surface area contributed by atoms with Gasteiger partial charge in [-0.15, -0.1) is 0 Å². The van der Waals surface area contributed by atoms with Gasteiger partial charge in [-0.1, -0.05) is 13.8 Å². The van der Waals surface area contributed by atoms with E-state index in [1.165, 1.54) is 0 Å². The first-order valence-electron chi connectivity index (χ1n) is 6.35. The first-order valence-corrected chi connectivity index (χ1v) is 6.35. The van der Waals surface area contributed by atoms with E-state index in [0.29, 0.717) is 6.42 Å². The summed E-state index contributed by atoms with van der Waals surface area (Å²) < 4.78 is 5.06. The Labute approximate surface area is 109 Å². The summed E-state index contributed by atoms with van der Waals surface area (Å²) in [5.41, 5.74) is 0.806. The first kappa shape index (κ1) is 14.5. The highest BCUT2D eigenvalue weighted by Crippen LogP contribution is 2.15. The molecule has 0 radical (unpaired) electrons. The van der Waals surface area contributed by atoms with E-state index in [4.69, 9.17) is 4.74 Å². The molecule has 0 aliphatic carbocycles. The lowest BCUT2D eigenvalue weighted by atomic mass is 10.3. The van der Waals surface area contributed by atoms with Gasteiger partial charge in [0.2, 0.25) is 5.91 Å². The fraction of sp³-hybridized carbons (Fsp3) is 0.500. The molecule has 0 spiro atoms. The molecule has 1 rings (SSSR count). The van der Waals surface area contributed by atoms with Gasteiger partial charge in [0.05, 0.1) is 7.11 Å². The fourth-order valence-corrected chi connectivity index (χ4v) is 1.70. The summed E-state index contributed by atoms with van der Waals surface area (Å²) in [6, 6.07) is 7.35. The highest BCUT2D eigenvalue weighted by atomic mass is 16.5. The molecule has 0 bridgehead atoms. The lowest BCUT2D eigenvalue weighted by Crippen LogP contribution is -2.27. The van der Waals surface area contributed by atoms with Crippen molar-refractivity contribution in [3.8, 4) is 5.75 Å². The molecule has 1 aromatic carbocycles. The van der Waals surface area contributed by atoms with Crippen LogP contribution in [0.25, 0.3) is 0 Å². The predicted molar refractivity (Wildman–Crippen MR) is 74.0 cm³/mol. The Bertz CT molecular complexity index is 359. The van der Waals surface area contributed by atoms with Crippen LogP contribution in [0.5, 0.6) is 5.75 Å². The number of methoxy groups -OCH3 is 1. The molecular weight excluding hydrogens is 228 g/mol. The van der Waals surface area contributed by atoms with Crippen molar-refractivity contribution in [3.63, 3.8) is 0 Å². The Morgan fingerprint density at radius 3 is 2.33 bits per heavy atom. The molecular formula is C14H22N2O2. The summed E-state index contributed by atoms with van der Waals surface area (Å²) in [5.74, 6) is 0.836. The van der Waals surface area contributed by atoms with Gasteiger partial charge in [-0.3, -0.25) is 4.79 Å². The topological polar surface area (TPSA) is 41.6 Å². The number of nitrogens with zero attached hydrogens (tertiary/aromatic N) is 1. The maximum Gasteiger partial charge on any atom is 0.225 e. The summed E-state index contributed by atoms with van der Waals surface area (Å²) in [4.78, 5) is 14.0. The third-order valence-electron chi connectivity index (χ3n) is 2.92. The van der Waals surface area contributed by atoms with Gasteiger partial charge < -0.3 is 15.0 Å². The molecule has 0 aromatic heterocycles. The van der Waals surface area contributed by atoms with E-state index >= 15 is 0 Å². The number of ether oxygens (including phenoxy) is 1. The molecule has 4 nitrogen and oxygen atoms in total. The maximum atomic E-state index is 11.7. The number of rotatable bonds is 7. The van der Waals surface area contributed by atoms with Crippen molar-refractivity contribution < 1.29 is 9.53 Å². The SMILES string of the molecule is CCN(CC)CCC(=O)Nc1ccc(OC)cc1. The quantitative estimate of drug-likeness (QED) is 0.807. The van der Waals surface area contributed by atoms with Gasteiger partial charge >= 0.3 is 0 Å². The van der Waals surface area contributed by atoms with Crippen molar-refractivity contribution >= 4 is 11.6 Å². The molecule has 100 valence electrons. The second-order valence-corrected chi connectivity index (χ2v) is 4.05. The summed E-state index contributed by atoms with van der Waals surface area (Å²) in [5, 5.41) is 2.88. The van der Waals surface area contributed by atoms with E-state index in [0.717, 1.165) is 31.1 Å². The largest absolute Gasteiger partial charge is 0.497 e. The van der Waals surface area contributed by atoms with Crippen LogP contribution in [0.15, 0.2) is 24.3 Å². The molecule has 0 fully saturated rings. The van der Waals surface area contributed by atoms with Gasteiger partial charge in [0, 0.05) is 18.7 Å². The normalized spacial score (nSPS) is 10.4. The molecule has 0 saturated carbocycles. The smallest absolute Gasteiger partial charge is 0.225 e. The zero-order valence-electron chi connectivity index (χ0n) is 11.4. The Morgan fingerprint density at radius 1 is 1.22 bits per heavy atom. The van der Waals surface area contributed by atoms with Crippen LogP contribution in [0.4, 0.5) is 5.69 Å². The lowest BCUT2D eigenvalue weighted by Gasteiger charge is -2.17. The summed E-state index contributed by atoms with van der Waals surface area (Å²) in [6.07, 6.45) is 0.522. The van der Waals surface area contributed by atoms with E-state index in [9.17, 15) is 4.79 Å². The molecule has 0 heterocycles. The number of amides is 1. The monoisotopic (exact) mass is 250 g/mol. The van der Waals surface area contributed by atoms with Crippen molar-refractivity contribution in [2.75, 3.05) is 32.1 Å². The van der Waals surface area contributed by atoms with Crippen LogP contribution in [0.1, 0.15) is 20.3 Å². The third kappa shape index (κ3) is 4.75. The van der Waals surface area contributed by atoms with E-state index in [2.05, 4.69) is 24.1 Å². The molecule has 4 heteroatoms. The number of carbonyl (C=O) groups is 1. The average Bonchev–Trinajstić information content (AvgIpc) is 2.41. The zero-order valence-corrected chi connectivity index (χ0v) is 11.4. The Morgan fingerprint density at radius 2 is 1.83 bits per heavy atom. The maximum absolute atomic E-state index is 11.7. The first-order chi connectivity index (χ1) is 8.69. The molecule has 0 atom stereocenters. The number of anilines is 1. The van der Waals surface area contributed by atoms with Crippen molar-refractivity contribution in [2.24, 2.45) is 0 Å². The van der Waals surface area contributed by atoms with Crippen molar-refractivity contribution in [1.82, 2.24) is 4.90 Å². The Balaban J connectivity index is 2.39. The predicted octanol–water partition coefficient (Wildman–Crippen LogP) is 2.37. The molecule has 0 aliphatic heterocycles. The molecule has 0 aliphatic rings. The van der Waals surface area contributed by atoms with Gasteiger partial charge in [-0.25, -0.2) is 0 Å². The van der Waals surface area contributed by atoms with E-state index in [1.54, 1.807) is 7.11 Å². The van der Waals surface area contributed by atoms with E-state index in [-0.39, 0.29) is 5.91 Å². The molecule has 18 heavy (non-hydrogen) atoms. The van der Waals surface area contributed by atoms with Crippen molar-refractivity contribution in [1.29, 1.82) is 0 Å². The fourth-order valence-electron chi connectivity index (χ4n) is 1.70. The van der Waals surface area contributed by atoms with Crippen LogP contribution in [0.2, 0.25) is 0 Å². The Kier molecular flexibility index (Phi) is 6.22. The summed E-state index contributed by atoms with van der Waals surface area (Å²) in [6.45, 7) is 6.96. The van der Waals surface area contributed by atoms with Gasteiger partial charge in [0.1, 0.15) is 5.75 Å². The van der Waals surface area contributed by atoms with Crippen LogP contribution in [0, 0.1) is 0 Å². The summed E-state index contributed by atoms with van der Waals surface area (Å²) >= 11 is 0. The van der Waals surface area contributed by atoms with Crippen molar-refractivity contribution in [3.05, 3.63) is 24.3 Å². The molecule has 1 N–H and O–H groups in total. The number of hydrogen-bond acceptors (Lipinski definition) is 3. The number of benzene rings is 1. The number of hydrogen-bond donors (Lipinski definition) is 1. The lowest BCUT2D eigenvalue weighted by molar-refractivity contribution is -0.116. The molecule has 1 amide bonds. The zero-order chi connectivity index (χ0) is 13.4. The third-order valence-corrected chi connectivity index (χ3v) is 2.92. The van der Waals surface area contributed by atoms with Gasteiger partial charge in [0.25, 0.3) is 0 Å². The van der Waals surface area contributed by atoms with Crippen LogP contribution in [0.3, 0.4) is 0 Å². The minimum absolute atomic E-state index is 0.0482. The van der Waals surface area contributed by atoms with Gasteiger partial charge in [-0.05, 0) is 37.4 Å². The van der Waals surface area contributed by atoms with E-state index in [1.807, 2.05) is 24.3 Å². The minimum Gasteiger partial charge on any atom is -0.497 e. The van der Waals surface area contributed by atoms with E-state index < -0.39 is 0 Å². The van der Waals surface area contributed by atoms with Gasteiger partial charge in [-0.2, -0.15) is 0 Å². The van der Waals surface area contributed by atoms with Crippen LogP contribution >= 0.6 is 0 Å². The van der Waals surface area contributed by atoms with Crippen LogP contribution in [-0.4, -0.2) is 37.6 Å². The minimum atomic E-state index is 0.0482. The number of nitrogens with one attached hydrogen (secondary N) is 1. The molecule has 1 aromatic rings. The molecule has 0 saturated heterocycles. The standard InChI is InChI=1S/C14H22N2O2/c1-4-16(5-2)11-10-14(17)15-12-6-8-13(18-3)9-7-12/h6-9H,4-5,10-11H2,1-3H3,(H,15,17).